The highest BCUT2D eigenvalue weighted by atomic mass is 32.2. The molecule has 35 heavy (non-hydrogen) atoms. The van der Waals surface area contributed by atoms with E-state index in [2.05, 4.69) is 5.10 Å². The molecule has 1 amide bonds. The Morgan fingerprint density at radius 2 is 1.71 bits per heavy atom. The summed E-state index contributed by atoms with van der Waals surface area (Å²) in [5.74, 6) is -2.84. The molecule has 0 aliphatic carbocycles. The summed E-state index contributed by atoms with van der Waals surface area (Å²) in [5, 5.41) is 5.10. The fourth-order valence-electron chi connectivity index (χ4n) is 4.41. The quantitative estimate of drug-likeness (QED) is 0.521. The first-order chi connectivity index (χ1) is 16.2. The summed E-state index contributed by atoms with van der Waals surface area (Å²) in [6.07, 6.45) is -8.31. The van der Waals surface area contributed by atoms with Gasteiger partial charge in [0.1, 0.15) is 0 Å². The Balaban J connectivity index is 1.86. The molecule has 186 valence electrons. The predicted molar refractivity (Wildman–Crippen MR) is 116 cm³/mol. The summed E-state index contributed by atoms with van der Waals surface area (Å²) >= 11 is 0. The van der Waals surface area contributed by atoms with Crippen LogP contribution in [0.1, 0.15) is 35.2 Å². The topological polar surface area (TPSA) is 66.8 Å². The first kappa shape index (κ1) is 25.0. The lowest BCUT2D eigenvalue weighted by Crippen LogP contribution is -2.38. The van der Waals surface area contributed by atoms with Crippen LogP contribution >= 0.6 is 0 Å². The van der Waals surface area contributed by atoms with Crippen LogP contribution < -0.4 is 0 Å². The molecule has 1 saturated heterocycles. The van der Waals surface area contributed by atoms with Crippen molar-refractivity contribution in [3.05, 3.63) is 76.4 Å². The summed E-state index contributed by atoms with van der Waals surface area (Å²) in [6, 6.07) is 7.55. The third-order valence-electron chi connectivity index (χ3n) is 5.82. The molecule has 0 aromatic heterocycles. The molecule has 2 heterocycles. The minimum absolute atomic E-state index is 0.0194. The number of sulfone groups is 1. The van der Waals surface area contributed by atoms with Gasteiger partial charge in [-0.1, -0.05) is 30.3 Å². The molecule has 0 N–H and O–H groups in total. The zero-order chi connectivity index (χ0) is 25.8. The maximum absolute atomic E-state index is 13.5. The Kier molecular flexibility index (Phi) is 6.06. The van der Waals surface area contributed by atoms with Gasteiger partial charge in [-0.15, -0.1) is 0 Å². The van der Waals surface area contributed by atoms with Gasteiger partial charge in [0.05, 0.1) is 34.4 Å². The third-order valence-corrected chi connectivity index (χ3v) is 7.44. The van der Waals surface area contributed by atoms with Gasteiger partial charge in [-0.3, -0.25) is 4.79 Å². The Bertz CT molecular complexity index is 1350. The number of fused-ring (bicyclic) bond motifs is 1. The highest BCUT2D eigenvalue weighted by Crippen LogP contribution is 2.43. The predicted octanol–water partition coefficient (Wildman–Crippen LogP) is 5.11. The molecule has 2 aromatic rings. The van der Waals surface area contributed by atoms with Crippen LogP contribution in [0.15, 0.2) is 59.2 Å². The van der Waals surface area contributed by atoms with Crippen molar-refractivity contribution in [1.82, 2.24) is 5.01 Å². The van der Waals surface area contributed by atoms with E-state index in [1.54, 1.807) is 0 Å². The fourth-order valence-corrected chi connectivity index (χ4v) is 6.12. The second kappa shape index (κ2) is 8.51. The van der Waals surface area contributed by atoms with E-state index in [1.165, 1.54) is 24.3 Å². The number of hydrogen-bond donors (Lipinski definition) is 0. The average molecular weight is 516 g/mol. The van der Waals surface area contributed by atoms with Crippen LogP contribution in [0.25, 0.3) is 6.08 Å². The van der Waals surface area contributed by atoms with Crippen LogP contribution in [0.4, 0.5) is 26.3 Å². The molecule has 5 nitrogen and oxygen atoms in total. The van der Waals surface area contributed by atoms with Crippen LogP contribution in [-0.4, -0.2) is 36.6 Å². The van der Waals surface area contributed by atoms with Crippen LogP contribution in [0, 0.1) is 5.92 Å². The SMILES string of the molecule is CC(=O)N1N=C2C(=Cc3ccccc3C(F)(F)F)CS(=O)(=O)CC2C1c1cccc(C(F)(F)F)c1. The van der Waals surface area contributed by atoms with Gasteiger partial charge in [0.2, 0.25) is 5.91 Å². The van der Waals surface area contributed by atoms with Gasteiger partial charge >= 0.3 is 12.4 Å². The van der Waals surface area contributed by atoms with Crippen LogP contribution in [-0.2, 0) is 27.0 Å². The number of carbonyl (C=O) groups excluding carboxylic acids is 1. The summed E-state index contributed by atoms with van der Waals surface area (Å²) < 4.78 is 106. The number of benzene rings is 2. The molecule has 12 heteroatoms. The maximum Gasteiger partial charge on any atom is 0.416 e. The van der Waals surface area contributed by atoms with Crippen molar-refractivity contribution < 1.29 is 39.6 Å². The Labute approximate surface area is 196 Å². The molecule has 2 atom stereocenters. The second-order valence-corrected chi connectivity index (χ2v) is 10.4. The molecule has 2 aromatic carbocycles. The van der Waals surface area contributed by atoms with E-state index in [0.29, 0.717) is 0 Å². The lowest BCUT2D eigenvalue weighted by molar-refractivity contribution is -0.138. The van der Waals surface area contributed by atoms with E-state index < -0.39 is 62.7 Å². The number of alkyl halides is 6. The number of hydrogen-bond acceptors (Lipinski definition) is 4. The van der Waals surface area contributed by atoms with E-state index in [-0.39, 0.29) is 22.4 Å². The normalized spacial score (nSPS) is 23.2. The van der Waals surface area contributed by atoms with Crippen LogP contribution in [0.2, 0.25) is 0 Å². The molecule has 0 bridgehead atoms. The number of hydrazone groups is 1. The second-order valence-electron chi connectivity index (χ2n) is 8.33. The molecule has 0 spiro atoms. The summed E-state index contributed by atoms with van der Waals surface area (Å²) in [4.78, 5) is 12.3. The minimum Gasteiger partial charge on any atom is -0.273 e. The molecule has 0 radical (unpaired) electrons. The van der Waals surface area contributed by atoms with Crippen LogP contribution in [0.3, 0.4) is 0 Å². The van der Waals surface area contributed by atoms with Crippen molar-refractivity contribution >= 4 is 27.5 Å². The van der Waals surface area contributed by atoms with Crippen LogP contribution in [0.5, 0.6) is 0 Å². The van der Waals surface area contributed by atoms with Gasteiger partial charge in [-0.25, -0.2) is 13.4 Å². The van der Waals surface area contributed by atoms with Crippen molar-refractivity contribution in [2.24, 2.45) is 11.0 Å². The number of rotatable bonds is 2. The first-order valence-electron chi connectivity index (χ1n) is 10.3. The molecule has 1 fully saturated rings. The highest BCUT2D eigenvalue weighted by Gasteiger charge is 2.47. The average Bonchev–Trinajstić information content (AvgIpc) is 3.11. The number of amides is 1. The van der Waals surface area contributed by atoms with Gasteiger partial charge in [0.25, 0.3) is 0 Å². The van der Waals surface area contributed by atoms with E-state index in [1.807, 2.05) is 0 Å². The number of halogens is 6. The molecule has 0 saturated carbocycles. The van der Waals surface area contributed by atoms with Crippen molar-refractivity contribution in [2.45, 2.75) is 25.3 Å². The lowest BCUT2D eigenvalue weighted by atomic mass is 9.87. The molecule has 4 rings (SSSR count). The van der Waals surface area contributed by atoms with Crippen molar-refractivity contribution in [3.8, 4) is 0 Å². The monoisotopic (exact) mass is 516 g/mol. The fraction of sp³-hybridized carbons (Fsp3) is 0.304. The number of carbonyl (C=O) groups is 1. The zero-order valence-corrected chi connectivity index (χ0v) is 18.9. The molecular formula is C23H18F6N2O3S. The summed E-state index contributed by atoms with van der Waals surface area (Å²) in [7, 11) is -3.87. The van der Waals surface area contributed by atoms with Crippen molar-refractivity contribution in [3.63, 3.8) is 0 Å². The van der Waals surface area contributed by atoms with E-state index in [4.69, 9.17) is 0 Å². The van der Waals surface area contributed by atoms with Gasteiger partial charge in [0, 0.05) is 12.8 Å². The highest BCUT2D eigenvalue weighted by molar-refractivity contribution is 7.91. The van der Waals surface area contributed by atoms with E-state index >= 15 is 0 Å². The van der Waals surface area contributed by atoms with E-state index in [0.717, 1.165) is 42.3 Å². The van der Waals surface area contributed by atoms with E-state index in [9.17, 15) is 39.6 Å². The Morgan fingerprint density at radius 1 is 1.03 bits per heavy atom. The molecular weight excluding hydrogens is 498 g/mol. The largest absolute Gasteiger partial charge is 0.416 e. The van der Waals surface area contributed by atoms with Gasteiger partial charge in [-0.05, 0) is 41.0 Å². The van der Waals surface area contributed by atoms with Gasteiger partial charge in [-0.2, -0.15) is 31.4 Å². The Morgan fingerprint density at radius 3 is 2.34 bits per heavy atom. The number of nitrogens with zero attached hydrogens (tertiary/aromatic N) is 2. The van der Waals surface area contributed by atoms with Gasteiger partial charge in [0.15, 0.2) is 9.84 Å². The maximum atomic E-state index is 13.5. The summed E-state index contributed by atoms with van der Waals surface area (Å²) in [5.41, 5.74) is -2.21. The smallest absolute Gasteiger partial charge is 0.273 e. The lowest BCUT2D eigenvalue weighted by Gasteiger charge is -2.29. The van der Waals surface area contributed by atoms with Crippen molar-refractivity contribution in [2.75, 3.05) is 11.5 Å². The molecule has 2 aliphatic rings. The standard InChI is InChI=1S/C23H18F6N2O3S/c1-13(32)31-21(15-6-4-7-17(10-15)22(24,25)26)18-12-35(33,34)11-16(20(18)30-31)9-14-5-2-3-8-19(14)23(27,28)29/h2-10,18,21H,11-12H2,1H3. The summed E-state index contributed by atoms with van der Waals surface area (Å²) in [6.45, 7) is 1.12. The molecule has 2 unspecified atom stereocenters. The first-order valence-corrected chi connectivity index (χ1v) is 12.1. The van der Waals surface area contributed by atoms with Gasteiger partial charge < -0.3 is 0 Å². The molecule has 2 aliphatic heterocycles. The Hall–Kier alpha value is -3.15. The van der Waals surface area contributed by atoms with Crippen molar-refractivity contribution in [1.29, 1.82) is 0 Å². The third kappa shape index (κ3) is 4.97. The minimum atomic E-state index is -4.70. The zero-order valence-electron chi connectivity index (χ0n) is 18.1.